The topological polar surface area (TPSA) is 189 Å². The van der Waals surface area contributed by atoms with E-state index in [0.717, 1.165) is 0 Å². The first kappa shape index (κ1) is 20.0. The zero-order chi connectivity index (χ0) is 17.3. The minimum absolute atomic E-state index is 0.0244. The van der Waals surface area contributed by atoms with Crippen molar-refractivity contribution in [3.05, 3.63) is 12.3 Å². The van der Waals surface area contributed by atoms with Crippen molar-refractivity contribution in [3.8, 4) is 0 Å². The molecule has 22 heavy (non-hydrogen) atoms. The average Bonchev–Trinajstić information content (AvgIpc) is 2.50. The molecule has 0 spiro atoms. The highest BCUT2D eigenvalue weighted by Gasteiger charge is 2.43. The van der Waals surface area contributed by atoms with Gasteiger partial charge in [-0.05, 0) is 6.42 Å². The third-order valence-corrected chi connectivity index (χ3v) is 5.90. The van der Waals surface area contributed by atoms with Crippen LogP contribution in [0.2, 0.25) is 0 Å². The van der Waals surface area contributed by atoms with Crippen LogP contribution in [0.3, 0.4) is 0 Å². The van der Waals surface area contributed by atoms with Crippen molar-refractivity contribution in [1.82, 2.24) is 0 Å². The van der Waals surface area contributed by atoms with Crippen LogP contribution in [0.25, 0.3) is 0 Å². The molecule has 1 saturated heterocycles. The number of hydrogen-bond acceptors (Lipinski definition) is 8. The van der Waals surface area contributed by atoms with Gasteiger partial charge in [0.15, 0.2) is 0 Å². The molecule has 2 radical (unpaired) electrons. The highest BCUT2D eigenvalue weighted by molar-refractivity contribution is 7.66. The molecule has 5 N–H and O–H groups in total. The van der Waals surface area contributed by atoms with Crippen molar-refractivity contribution in [2.24, 2.45) is 0 Å². The summed E-state index contributed by atoms with van der Waals surface area (Å²) < 4.78 is 49.2. The Bertz CT molecular complexity index is 571. The van der Waals surface area contributed by atoms with E-state index in [1.165, 1.54) is 0 Å². The fourth-order valence-electron chi connectivity index (χ4n) is 1.48. The second-order valence-electron chi connectivity index (χ2n) is 4.05. The number of rotatable bonds is 7. The van der Waals surface area contributed by atoms with E-state index < -0.39 is 47.4 Å². The lowest BCUT2D eigenvalue weighted by Crippen LogP contribution is -2.23. The van der Waals surface area contributed by atoms with Crippen LogP contribution in [-0.4, -0.2) is 50.7 Å². The molecule has 1 aliphatic rings. The number of ether oxygens (including phenoxy) is 1. The Kier molecular flexibility index (Phi) is 6.23. The predicted octanol–water partition coefficient (Wildman–Crippen LogP) is -0.512. The van der Waals surface area contributed by atoms with Gasteiger partial charge in [0.25, 0.3) is 0 Å². The van der Waals surface area contributed by atoms with Crippen molar-refractivity contribution in [3.63, 3.8) is 0 Å². The van der Waals surface area contributed by atoms with E-state index in [9.17, 15) is 23.7 Å². The summed E-state index contributed by atoms with van der Waals surface area (Å²) in [7, 11) is -11.1. The number of aliphatic hydroxyl groups is 1. The van der Waals surface area contributed by atoms with Crippen molar-refractivity contribution in [1.29, 1.82) is 0 Å². The quantitative estimate of drug-likeness (QED) is 0.216. The van der Waals surface area contributed by atoms with Crippen LogP contribution < -0.4 is 0 Å². The van der Waals surface area contributed by atoms with Gasteiger partial charge >= 0.3 is 23.5 Å². The van der Waals surface area contributed by atoms with Gasteiger partial charge in [0.05, 0.1) is 6.10 Å². The molecule has 1 aliphatic heterocycles. The van der Waals surface area contributed by atoms with E-state index in [1.807, 2.05) is 0 Å². The number of phosphoric ester groups is 1. The zero-order valence-corrected chi connectivity index (χ0v) is 13.3. The first-order chi connectivity index (χ1) is 9.71. The Balaban J connectivity index is 2.71. The molecule has 12 nitrogen and oxygen atoms in total. The maximum absolute atomic E-state index is 11.5. The minimum atomic E-state index is -5.62. The lowest BCUT2D eigenvalue weighted by molar-refractivity contribution is 0.0300. The molecule has 5 atom stereocenters. The largest absolute Gasteiger partial charge is 0.536 e. The SMILES string of the molecule is [B][C@H]1CC(O)[C@@H](C(=C)OP(=O)(O)OP(=O)(O)OP(=O)(O)O)O1. The molecule has 3 unspecified atom stereocenters. The fourth-order valence-corrected chi connectivity index (χ4v) is 4.52. The van der Waals surface area contributed by atoms with E-state index in [-0.39, 0.29) is 6.42 Å². The Labute approximate surface area is 125 Å². The Morgan fingerprint density at radius 2 is 1.68 bits per heavy atom. The van der Waals surface area contributed by atoms with Crippen LogP contribution in [0.1, 0.15) is 6.42 Å². The van der Waals surface area contributed by atoms with Crippen molar-refractivity contribution in [2.75, 3.05) is 0 Å². The highest BCUT2D eigenvalue weighted by Crippen LogP contribution is 2.66. The summed E-state index contributed by atoms with van der Waals surface area (Å²) in [6.45, 7) is 3.17. The number of aliphatic hydroxyl groups excluding tert-OH is 1. The summed E-state index contributed by atoms with van der Waals surface area (Å²) in [5, 5.41) is 9.52. The molecule has 0 amide bonds. The van der Waals surface area contributed by atoms with Gasteiger partial charge in [-0.1, -0.05) is 6.58 Å². The average molecular weight is 380 g/mol. The summed E-state index contributed by atoms with van der Waals surface area (Å²) in [6, 6.07) is -0.888. The predicted molar refractivity (Wildman–Crippen MR) is 69.1 cm³/mol. The molecule has 0 aromatic rings. The summed E-state index contributed by atoms with van der Waals surface area (Å²) in [5.41, 5.74) is 0. The summed E-state index contributed by atoms with van der Waals surface area (Å²) in [6.07, 6.45) is -2.54. The first-order valence-electron chi connectivity index (χ1n) is 5.32. The van der Waals surface area contributed by atoms with Crippen molar-refractivity contribution in [2.45, 2.75) is 24.6 Å². The molecule has 1 fully saturated rings. The van der Waals surface area contributed by atoms with Crippen LogP contribution in [0.4, 0.5) is 0 Å². The monoisotopic (exact) mass is 380 g/mol. The molecule has 16 heteroatoms. The van der Waals surface area contributed by atoms with Gasteiger partial charge in [-0.25, -0.2) is 13.7 Å². The van der Waals surface area contributed by atoms with E-state index >= 15 is 0 Å². The van der Waals surface area contributed by atoms with Gasteiger partial charge < -0.3 is 29.0 Å². The lowest BCUT2D eigenvalue weighted by atomic mass is 9.96. The molecular weight excluding hydrogens is 368 g/mol. The number of hydrogen-bond donors (Lipinski definition) is 5. The van der Waals surface area contributed by atoms with Crippen LogP contribution in [0, 0.1) is 0 Å². The number of phosphoric acid groups is 3. The molecule has 126 valence electrons. The third-order valence-electron chi connectivity index (χ3n) is 2.11. The van der Waals surface area contributed by atoms with Gasteiger partial charge in [0.2, 0.25) is 0 Å². The molecule has 0 aliphatic carbocycles. The second kappa shape index (κ2) is 6.84. The molecule has 0 bridgehead atoms. The van der Waals surface area contributed by atoms with Crippen molar-refractivity contribution >= 4 is 31.3 Å². The minimum Gasteiger partial charge on any atom is -0.406 e. The standard InChI is InChI=1S/C6H12BO12P3/c1-3(6-4(8)2-5(7)16-6)17-21(12,13)19-22(14,15)18-20(9,10)11/h4-6,8H,1-2H2,(H,12,13)(H,14,15)(H2,9,10,11)/t4?,5-,6-/m1/s1. The van der Waals surface area contributed by atoms with Gasteiger partial charge in [0.1, 0.15) is 19.7 Å². The smallest absolute Gasteiger partial charge is 0.406 e. The van der Waals surface area contributed by atoms with E-state index in [0.29, 0.717) is 0 Å². The second-order valence-corrected chi connectivity index (χ2v) is 8.39. The summed E-state index contributed by atoms with van der Waals surface area (Å²) in [5.74, 6) is -0.650. The van der Waals surface area contributed by atoms with Crippen LogP contribution in [-0.2, 0) is 31.6 Å². The summed E-state index contributed by atoms with van der Waals surface area (Å²) >= 11 is 0. The highest BCUT2D eigenvalue weighted by atomic mass is 31.3. The van der Waals surface area contributed by atoms with E-state index in [4.69, 9.17) is 27.3 Å². The molecular formula is C6H12BO12P3. The maximum Gasteiger partial charge on any atom is 0.536 e. The van der Waals surface area contributed by atoms with Gasteiger partial charge in [0, 0.05) is 6.00 Å². The Morgan fingerprint density at radius 1 is 1.14 bits per heavy atom. The third kappa shape index (κ3) is 6.61. The van der Waals surface area contributed by atoms with E-state index in [1.54, 1.807) is 0 Å². The summed E-state index contributed by atoms with van der Waals surface area (Å²) in [4.78, 5) is 34.9. The Morgan fingerprint density at radius 3 is 2.09 bits per heavy atom. The normalized spacial score (nSPS) is 31.2. The lowest BCUT2D eigenvalue weighted by Gasteiger charge is -2.21. The van der Waals surface area contributed by atoms with Gasteiger partial charge in [-0.2, -0.15) is 8.62 Å². The van der Waals surface area contributed by atoms with Gasteiger partial charge in [-0.15, -0.1) is 0 Å². The van der Waals surface area contributed by atoms with E-state index in [2.05, 4.69) is 19.7 Å². The van der Waals surface area contributed by atoms with Crippen LogP contribution in [0.5, 0.6) is 0 Å². The van der Waals surface area contributed by atoms with Crippen LogP contribution >= 0.6 is 23.5 Å². The first-order valence-corrected chi connectivity index (χ1v) is 9.84. The molecule has 0 aromatic heterocycles. The fraction of sp³-hybridized carbons (Fsp3) is 0.667. The molecule has 0 saturated carbocycles. The zero-order valence-electron chi connectivity index (χ0n) is 10.7. The maximum atomic E-state index is 11.5. The van der Waals surface area contributed by atoms with Crippen molar-refractivity contribution < 1.29 is 56.3 Å². The molecule has 1 rings (SSSR count). The van der Waals surface area contributed by atoms with Gasteiger partial charge in [-0.3, -0.25) is 4.89 Å². The Hall–Kier alpha value is -0.0251. The molecule has 0 aromatic carbocycles. The van der Waals surface area contributed by atoms with Crippen LogP contribution in [0.15, 0.2) is 12.3 Å². The molecule has 1 heterocycles.